The quantitative estimate of drug-likeness (QED) is 0.525. The van der Waals surface area contributed by atoms with Crippen LogP contribution in [0.15, 0.2) is 64.2 Å². The number of thiophene rings is 1. The van der Waals surface area contributed by atoms with Crippen molar-refractivity contribution in [2.24, 2.45) is 0 Å². The molecular weight excluding hydrogens is 443 g/mol. The van der Waals surface area contributed by atoms with Crippen molar-refractivity contribution in [1.29, 1.82) is 0 Å². The molecule has 0 bridgehead atoms. The van der Waals surface area contributed by atoms with Crippen LogP contribution in [0.5, 0.6) is 11.5 Å². The normalized spacial score (nSPS) is 11.1. The number of halogens is 1. The van der Waals surface area contributed by atoms with E-state index in [2.05, 4.69) is 5.32 Å². The second-order valence-electron chi connectivity index (χ2n) is 6.39. The maximum absolute atomic E-state index is 13.3. The van der Waals surface area contributed by atoms with E-state index in [0.29, 0.717) is 11.5 Å². The van der Waals surface area contributed by atoms with Crippen LogP contribution in [0.1, 0.15) is 5.56 Å². The molecule has 31 heavy (non-hydrogen) atoms. The first-order valence-electron chi connectivity index (χ1n) is 9.14. The van der Waals surface area contributed by atoms with Crippen molar-refractivity contribution in [3.8, 4) is 11.5 Å². The van der Waals surface area contributed by atoms with E-state index in [1.807, 2.05) is 0 Å². The molecule has 3 rings (SSSR count). The van der Waals surface area contributed by atoms with E-state index in [9.17, 15) is 17.6 Å². The van der Waals surface area contributed by atoms with Gasteiger partial charge in [0.05, 0.1) is 19.9 Å². The molecule has 0 spiro atoms. The number of rotatable bonds is 9. The van der Waals surface area contributed by atoms with E-state index in [0.717, 1.165) is 33.3 Å². The summed E-state index contributed by atoms with van der Waals surface area (Å²) in [5.74, 6) is 0.0546. The predicted molar refractivity (Wildman–Crippen MR) is 117 cm³/mol. The Bertz CT molecular complexity index is 1130. The minimum Gasteiger partial charge on any atom is -0.493 e. The molecule has 2 aromatic carbocycles. The van der Waals surface area contributed by atoms with Crippen LogP contribution < -0.4 is 19.1 Å². The van der Waals surface area contributed by atoms with Crippen LogP contribution in [-0.2, 0) is 21.4 Å². The largest absolute Gasteiger partial charge is 0.493 e. The van der Waals surface area contributed by atoms with E-state index < -0.39 is 28.3 Å². The van der Waals surface area contributed by atoms with E-state index >= 15 is 0 Å². The lowest BCUT2D eigenvalue weighted by Crippen LogP contribution is -2.40. The lowest BCUT2D eigenvalue weighted by Gasteiger charge is -2.23. The number of sulfonamides is 1. The van der Waals surface area contributed by atoms with Crippen molar-refractivity contribution in [3.05, 3.63) is 71.4 Å². The molecule has 10 heteroatoms. The maximum Gasteiger partial charge on any atom is 0.274 e. The number of benzene rings is 2. The Morgan fingerprint density at radius 1 is 1.06 bits per heavy atom. The van der Waals surface area contributed by atoms with Gasteiger partial charge in [0.15, 0.2) is 11.5 Å². The number of anilines is 1. The van der Waals surface area contributed by atoms with Crippen molar-refractivity contribution < 1.29 is 27.1 Å². The Hall–Kier alpha value is -3.11. The molecule has 0 aliphatic carbocycles. The van der Waals surface area contributed by atoms with Crippen molar-refractivity contribution >= 4 is 33.0 Å². The lowest BCUT2D eigenvalue weighted by molar-refractivity contribution is -0.119. The predicted octanol–water partition coefficient (Wildman–Crippen LogP) is 3.42. The van der Waals surface area contributed by atoms with Crippen LogP contribution in [0.3, 0.4) is 0 Å². The number of nitrogens with zero attached hydrogens (tertiary/aromatic N) is 1. The molecule has 0 saturated heterocycles. The molecule has 0 unspecified atom stereocenters. The SMILES string of the molecule is COc1ccc(CNC(=O)CN(c2ccc(F)cc2)S(=O)(=O)c2cccs2)cc1OC. The van der Waals surface area contributed by atoms with Gasteiger partial charge in [-0.15, -0.1) is 11.3 Å². The van der Waals surface area contributed by atoms with Gasteiger partial charge in [-0.05, 0) is 53.4 Å². The van der Waals surface area contributed by atoms with Gasteiger partial charge in [-0.3, -0.25) is 9.10 Å². The molecule has 0 aliphatic rings. The molecule has 1 amide bonds. The average Bonchev–Trinajstić information content (AvgIpc) is 3.32. The molecule has 0 saturated carbocycles. The maximum atomic E-state index is 13.3. The summed E-state index contributed by atoms with van der Waals surface area (Å²) in [5, 5.41) is 4.34. The third-order valence-electron chi connectivity index (χ3n) is 4.38. The number of hydrogen-bond acceptors (Lipinski definition) is 6. The molecule has 0 radical (unpaired) electrons. The van der Waals surface area contributed by atoms with Crippen LogP contribution in [0.4, 0.5) is 10.1 Å². The minimum atomic E-state index is -3.99. The highest BCUT2D eigenvalue weighted by Crippen LogP contribution is 2.28. The van der Waals surface area contributed by atoms with Gasteiger partial charge in [0.2, 0.25) is 5.91 Å². The van der Waals surface area contributed by atoms with Crippen LogP contribution in [0.2, 0.25) is 0 Å². The fraction of sp³-hybridized carbons (Fsp3) is 0.190. The van der Waals surface area contributed by atoms with E-state index in [4.69, 9.17) is 9.47 Å². The minimum absolute atomic E-state index is 0.0875. The molecule has 164 valence electrons. The van der Waals surface area contributed by atoms with Crippen LogP contribution in [-0.4, -0.2) is 35.1 Å². The highest BCUT2D eigenvalue weighted by molar-refractivity contribution is 7.94. The fourth-order valence-corrected chi connectivity index (χ4v) is 5.34. The fourth-order valence-electron chi connectivity index (χ4n) is 2.82. The van der Waals surface area contributed by atoms with Crippen LogP contribution in [0, 0.1) is 5.82 Å². The molecule has 1 heterocycles. The zero-order valence-corrected chi connectivity index (χ0v) is 18.5. The summed E-state index contributed by atoms with van der Waals surface area (Å²) >= 11 is 1.04. The molecule has 0 fully saturated rings. The zero-order valence-electron chi connectivity index (χ0n) is 16.9. The Morgan fingerprint density at radius 2 is 1.77 bits per heavy atom. The summed E-state index contributed by atoms with van der Waals surface area (Å²) in [6.45, 7) is -0.297. The smallest absolute Gasteiger partial charge is 0.274 e. The van der Waals surface area contributed by atoms with E-state index in [1.165, 1.54) is 32.4 Å². The first-order chi connectivity index (χ1) is 14.8. The lowest BCUT2D eigenvalue weighted by atomic mass is 10.2. The second kappa shape index (κ2) is 9.80. The Balaban J connectivity index is 1.78. The number of amides is 1. The second-order valence-corrected chi connectivity index (χ2v) is 9.42. The Morgan fingerprint density at radius 3 is 2.39 bits per heavy atom. The molecule has 1 N–H and O–H groups in total. The van der Waals surface area contributed by atoms with Crippen LogP contribution in [0.25, 0.3) is 0 Å². The topological polar surface area (TPSA) is 84.9 Å². The molecule has 7 nitrogen and oxygen atoms in total. The molecule has 3 aromatic rings. The summed E-state index contributed by atoms with van der Waals surface area (Å²) in [6, 6.07) is 13.2. The number of methoxy groups -OCH3 is 2. The number of nitrogens with one attached hydrogen (secondary N) is 1. The third kappa shape index (κ3) is 5.33. The van der Waals surface area contributed by atoms with Crippen LogP contribution >= 0.6 is 11.3 Å². The van der Waals surface area contributed by atoms with Gasteiger partial charge < -0.3 is 14.8 Å². The van der Waals surface area contributed by atoms with Crippen molar-refractivity contribution in [2.75, 3.05) is 25.1 Å². The highest BCUT2D eigenvalue weighted by Gasteiger charge is 2.28. The van der Waals surface area contributed by atoms with Crippen molar-refractivity contribution in [1.82, 2.24) is 5.32 Å². The molecule has 1 aromatic heterocycles. The standard InChI is InChI=1S/C21H21FN2O5S2/c1-28-18-10-5-15(12-19(18)29-2)13-23-20(25)14-24(17-8-6-16(22)7-9-17)31(26,27)21-4-3-11-30-21/h3-12H,13-14H2,1-2H3,(H,23,25). The van der Waals surface area contributed by atoms with Gasteiger partial charge in [0, 0.05) is 6.54 Å². The zero-order chi connectivity index (χ0) is 22.4. The van der Waals surface area contributed by atoms with Gasteiger partial charge in [-0.2, -0.15) is 0 Å². The summed E-state index contributed by atoms with van der Waals surface area (Å²) in [4.78, 5) is 12.6. The number of ether oxygens (including phenoxy) is 2. The van der Waals surface area contributed by atoms with E-state index in [-0.39, 0.29) is 16.4 Å². The molecule has 0 atom stereocenters. The Labute approximate surface area is 184 Å². The first-order valence-corrected chi connectivity index (χ1v) is 11.5. The summed E-state index contributed by atoms with van der Waals surface area (Å²) in [6.07, 6.45) is 0. The van der Waals surface area contributed by atoms with Crippen molar-refractivity contribution in [2.45, 2.75) is 10.8 Å². The van der Waals surface area contributed by atoms with Gasteiger partial charge in [-0.25, -0.2) is 12.8 Å². The third-order valence-corrected chi connectivity index (χ3v) is 7.53. The average molecular weight is 465 g/mol. The first kappa shape index (κ1) is 22.6. The van der Waals surface area contributed by atoms with Gasteiger partial charge >= 0.3 is 0 Å². The summed E-state index contributed by atoms with van der Waals surface area (Å²) in [5.41, 5.74) is 0.941. The molecular formula is C21H21FN2O5S2. The monoisotopic (exact) mass is 464 g/mol. The Kier molecular flexibility index (Phi) is 7.13. The number of hydrogen-bond donors (Lipinski definition) is 1. The van der Waals surface area contributed by atoms with Crippen molar-refractivity contribution in [3.63, 3.8) is 0 Å². The van der Waals surface area contributed by atoms with E-state index in [1.54, 1.807) is 29.6 Å². The number of carbonyl (C=O) groups is 1. The van der Waals surface area contributed by atoms with Gasteiger partial charge in [0.25, 0.3) is 10.0 Å². The van der Waals surface area contributed by atoms with Gasteiger partial charge in [-0.1, -0.05) is 12.1 Å². The highest BCUT2D eigenvalue weighted by atomic mass is 32.2. The summed E-state index contributed by atoms with van der Waals surface area (Å²) < 4.78 is 51.0. The molecule has 0 aliphatic heterocycles. The van der Waals surface area contributed by atoms with Gasteiger partial charge in [0.1, 0.15) is 16.6 Å². The summed E-state index contributed by atoms with van der Waals surface area (Å²) in [7, 11) is -0.954. The number of carbonyl (C=O) groups excluding carboxylic acids is 1.